The molecule has 0 unspecified atom stereocenters. The van der Waals surface area contributed by atoms with Gasteiger partial charge in [0.05, 0.1) is 16.7 Å². The first kappa shape index (κ1) is 47.9. The van der Waals surface area contributed by atoms with Gasteiger partial charge in [-0.1, -0.05) is 0 Å². The zero-order valence-corrected chi connectivity index (χ0v) is 29.2. The molecule has 344 valence electrons. The van der Waals surface area contributed by atoms with Gasteiger partial charge >= 0.3 is 0 Å². The lowest BCUT2D eigenvalue weighted by Gasteiger charge is -2.41. The summed E-state index contributed by atoms with van der Waals surface area (Å²) in [5.41, 5.74) is -34.4. The van der Waals surface area contributed by atoms with Gasteiger partial charge in [0.15, 0.2) is 122 Å². The van der Waals surface area contributed by atoms with E-state index >= 15 is 70.2 Å². The molecule has 0 aliphatic heterocycles. The number of rotatable bonds is 6. The third-order valence-electron chi connectivity index (χ3n) is 9.48. The maximum absolute atomic E-state index is 19.2. The van der Waals surface area contributed by atoms with Crippen LogP contribution in [0.2, 0.25) is 0 Å². The number of halogens is 28. The van der Waals surface area contributed by atoms with Crippen LogP contribution < -0.4 is 16.4 Å². The van der Waals surface area contributed by atoms with Gasteiger partial charge in [-0.2, -0.15) is 0 Å². The SMILES string of the molecule is Fc1c(F)c(F)c(-c2c(F)c(F)c(F)c(F)c2[B-](F)(c2c(F)c(F)c(F)c(F)c2-c2c(F)c(F)c(F)c(F)c2F)c2c(F)c(F)c(F)c(F)c2-c2c(F)c(F)c(F)c(F)c2F)c(F)c1F. The monoisotopic (exact) mass is 975 g/mol. The normalized spacial score (nSPS) is 12.0. The Morgan fingerprint density at radius 1 is 0.138 bits per heavy atom. The molecule has 6 aromatic carbocycles. The summed E-state index contributed by atoms with van der Waals surface area (Å²) in [7, 11) is 0. The van der Waals surface area contributed by atoms with Crippen LogP contribution in [0.1, 0.15) is 0 Å². The van der Waals surface area contributed by atoms with Gasteiger partial charge in [-0.3, -0.25) is 0 Å². The Morgan fingerprint density at radius 3 is 0.400 bits per heavy atom. The molecular formula is C36BF28-. The second-order valence-corrected chi connectivity index (χ2v) is 12.7. The average Bonchev–Trinajstić information content (AvgIpc) is 3.27. The minimum absolute atomic E-state index is 3.42. The van der Waals surface area contributed by atoms with E-state index in [1.165, 1.54) is 0 Å². The smallest absolute Gasteiger partial charge is 0.244 e. The molecule has 0 spiro atoms. The van der Waals surface area contributed by atoms with Crippen LogP contribution >= 0.6 is 0 Å². The lowest BCUT2D eigenvalue weighted by molar-refractivity contribution is 0.379. The quantitative estimate of drug-likeness (QED) is 0.0675. The minimum atomic E-state index is -8.39. The largest absolute Gasteiger partial charge is 0.498 e. The fourth-order valence-electron chi connectivity index (χ4n) is 6.71. The standard InChI is InChI=1S/C36BF28/c38-10-1(4-13(41)25(53)34(62)26(54)14(4)42)7(19(47)31(59)22(10)50)37(65,8-2(11(39)23(51)32(60)20(8)48)5-15(43)27(55)35(63)28(56)16(5)44)9-3(12(40)24(52)33(61)21(9)49)6-17(45)29(57)36(64)30(58)18(6)46/q-1. The molecule has 0 aliphatic rings. The van der Waals surface area contributed by atoms with Crippen molar-refractivity contribution < 1.29 is 123 Å². The van der Waals surface area contributed by atoms with Crippen molar-refractivity contribution >= 4 is 22.8 Å². The Bertz CT molecular complexity index is 2730. The van der Waals surface area contributed by atoms with Crippen molar-refractivity contribution in [3.05, 3.63) is 157 Å². The zero-order valence-electron chi connectivity index (χ0n) is 29.2. The molecule has 0 amide bonds. The second-order valence-electron chi connectivity index (χ2n) is 12.7. The molecule has 0 atom stereocenters. The van der Waals surface area contributed by atoms with E-state index in [0.29, 0.717) is 0 Å². The third kappa shape index (κ3) is 6.29. The molecule has 0 heterocycles. The Kier molecular flexibility index (Phi) is 11.7. The Labute approximate surface area is 336 Å². The highest BCUT2D eigenvalue weighted by Crippen LogP contribution is 2.43. The lowest BCUT2D eigenvalue weighted by Crippen LogP contribution is -2.69. The molecule has 6 rings (SSSR count). The van der Waals surface area contributed by atoms with Gasteiger partial charge in [0.2, 0.25) is 23.9 Å². The van der Waals surface area contributed by atoms with Crippen molar-refractivity contribution in [1.82, 2.24) is 0 Å². The molecule has 0 aromatic heterocycles. The van der Waals surface area contributed by atoms with Crippen LogP contribution in [-0.4, -0.2) is 6.42 Å². The first-order valence-electron chi connectivity index (χ1n) is 15.9. The third-order valence-corrected chi connectivity index (χ3v) is 9.48. The van der Waals surface area contributed by atoms with E-state index < -0.39 is 213 Å². The van der Waals surface area contributed by atoms with Crippen molar-refractivity contribution in [2.45, 2.75) is 0 Å². The van der Waals surface area contributed by atoms with Gasteiger partial charge in [0, 0.05) is 0 Å². The van der Waals surface area contributed by atoms with Gasteiger partial charge in [-0.25, -0.2) is 119 Å². The minimum Gasteiger partial charge on any atom is -0.498 e. The maximum Gasteiger partial charge on any atom is 0.244 e. The molecule has 0 radical (unpaired) electrons. The molecule has 29 heteroatoms. The molecule has 0 aliphatic carbocycles. The summed E-state index contributed by atoms with van der Waals surface area (Å²) in [5, 5.41) is 0. The van der Waals surface area contributed by atoms with E-state index in [0.717, 1.165) is 0 Å². The van der Waals surface area contributed by atoms with Crippen LogP contribution in [0.4, 0.5) is 123 Å². The molecule has 0 saturated heterocycles. The highest BCUT2D eigenvalue weighted by Gasteiger charge is 2.51. The summed E-state index contributed by atoms with van der Waals surface area (Å²) >= 11 is 0. The molecular weight excluding hydrogens is 975 g/mol. The maximum atomic E-state index is 19.2. The van der Waals surface area contributed by atoms with Crippen molar-refractivity contribution in [2.24, 2.45) is 0 Å². The molecule has 6 aromatic rings. The van der Waals surface area contributed by atoms with Crippen molar-refractivity contribution in [2.75, 3.05) is 0 Å². The van der Waals surface area contributed by atoms with Gasteiger partial charge in [-0.15, -0.1) is 16.4 Å². The fraction of sp³-hybridized carbons (Fsp3) is 0. The molecule has 0 saturated carbocycles. The first-order valence-corrected chi connectivity index (χ1v) is 15.9. The summed E-state index contributed by atoms with van der Waals surface area (Å²) in [6.45, 7) is 0. The first-order chi connectivity index (χ1) is 30.0. The van der Waals surface area contributed by atoms with E-state index in [1.54, 1.807) is 0 Å². The van der Waals surface area contributed by atoms with Crippen LogP contribution in [-0.2, 0) is 0 Å². The van der Waals surface area contributed by atoms with E-state index in [9.17, 15) is 52.7 Å². The summed E-state index contributed by atoms with van der Waals surface area (Å²) in [6, 6.07) is 0. The van der Waals surface area contributed by atoms with Crippen molar-refractivity contribution in [1.29, 1.82) is 0 Å². The summed E-state index contributed by atoms with van der Waals surface area (Å²) in [5.74, 6) is -102. The zero-order chi connectivity index (χ0) is 49.3. The van der Waals surface area contributed by atoms with Crippen LogP contribution in [0, 0.1) is 157 Å². The topological polar surface area (TPSA) is 0 Å². The lowest BCUT2D eigenvalue weighted by atomic mass is 9.28. The highest BCUT2D eigenvalue weighted by atomic mass is 19.2. The predicted molar refractivity (Wildman–Crippen MR) is 160 cm³/mol. The fourth-order valence-corrected chi connectivity index (χ4v) is 6.71. The summed E-state index contributed by atoms with van der Waals surface area (Å²) < 4.78 is 430. The Morgan fingerprint density at radius 2 is 0.246 bits per heavy atom. The van der Waals surface area contributed by atoms with Gasteiger partial charge < -0.3 is 4.32 Å². The van der Waals surface area contributed by atoms with Crippen LogP contribution in [0.5, 0.6) is 0 Å². The Balaban J connectivity index is 2.17. The second kappa shape index (κ2) is 15.8. The predicted octanol–water partition coefficient (Wildman–Crippen LogP) is 11.4. The summed E-state index contributed by atoms with van der Waals surface area (Å²) in [6.07, 6.45) is -8.39. The average molecular weight is 975 g/mol. The van der Waals surface area contributed by atoms with Crippen LogP contribution in [0.15, 0.2) is 0 Å². The van der Waals surface area contributed by atoms with Crippen molar-refractivity contribution in [3.8, 4) is 33.4 Å². The van der Waals surface area contributed by atoms with Crippen molar-refractivity contribution in [3.63, 3.8) is 0 Å². The van der Waals surface area contributed by atoms with Gasteiger partial charge in [0.25, 0.3) is 0 Å². The number of hydrogen-bond donors (Lipinski definition) is 0. The van der Waals surface area contributed by atoms with Gasteiger partial charge in [-0.05, 0) is 16.7 Å². The molecule has 0 N–H and O–H groups in total. The number of benzene rings is 6. The van der Waals surface area contributed by atoms with Gasteiger partial charge in [0.1, 0.15) is 17.5 Å². The van der Waals surface area contributed by atoms with E-state index in [1.807, 2.05) is 0 Å². The molecule has 65 heavy (non-hydrogen) atoms. The van der Waals surface area contributed by atoms with Crippen LogP contribution in [0.3, 0.4) is 0 Å². The van der Waals surface area contributed by atoms with Crippen LogP contribution in [0.25, 0.3) is 33.4 Å². The summed E-state index contributed by atoms with van der Waals surface area (Å²) in [4.78, 5) is 0. The molecule has 0 nitrogen and oxygen atoms in total. The molecule has 0 fully saturated rings. The number of hydrogen-bond acceptors (Lipinski definition) is 0. The van der Waals surface area contributed by atoms with E-state index in [4.69, 9.17) is 0 Å². The van der Waals surface area contributed by atoms with E-state index in [-0.39, 0.29) is 0 Å². The van der Waals surface area contributed by atoms with E-state index in [2.05, 4.69) is 0 Å². The highest BCUT2D eigenvalue weighted by molar-refractivity contribution is 7.08. The molecule has 0 bridgehead atoms. The Hall–Kier alpha value is -6.58.